The number of benzene rings is 4. The minimum atomic E-state index is -0.657. The Labute approximate surface area is 212 Å². The zero-order valence-corrected chi connectivity index (χ0v) is 21.2. The van der Waals surface area contributed by atoms with Crippen LogP contribution in [-0.4, -0.2) is 17.9 Å². The molecule has 0 bridgehead atoms. The van der Waals surface area contributed by atoms with Gasteiger partial charge >= 0.3 is 0 Å². The molecule has 2 amide bonds. The van der Waals surface area contributed by atoms with Crippen molar-refractivity contribution in [3.05, 3.63) is 102 Å². The molecule has 0 radical (unpaired) electrons. The van der Waals surface area contributed by atoms with Gasteiger partial charge in [-0.3, -0.25) is 9.59 Å². The van der Waals surface area contributed by atoms with Crippen LogP contribution in [0.1, 0.15) is 50.0 Å². The van der Waals surface area contributed by atoms with E-state index in [2.05, 4.69) is 31.4 Å². The third kappa shape index (κ3) is 5.92. The van der Waals surface area contributed by atoms with Gasteiger partial charge < -0.3 is 15.4 Å². The summed E-state index contributed by atoms with van der Waals surface area (Å²) in [6.45, 7) is 8.32. The van der Waals surface area contributed by atoms with Gasteiger partial charge in [-0.25, -0.2) is 0 Å². The molecule has 0 aliphatic rings. The Morgan fingerprint density at radius 2 is 1.44 bits per heavy atom. The van der Waals surface area contributed by atoms with Gasteiger partial charge in [0.25, 0.3) is 11.8 Å². The Morgan fingerprint density at radius 1 is 0.806 bits per heavy atom. The number of hydrogen-bond acceptors (Lipinski definition) is 3. The van der Waals surface area contributed by atoms with Crippen LogP contribution in [0.5, 0.6) is 5.75 Å². The average Bonchev–Trinajstić information content (AvgIpc) is 2.87. The van der Waals surface area contributed by atoms with E-state index >= 15 is 0 Å². The van der Waals surface area contributed by atoms with Gasteiger partial charge in [-0.05, 0) is 59.2 Å². The Hall–Kier alpha value is -4.12. The molecule has 1 atom stereocenters. The van der Waals surface area contributed by atoms with E-state index in [1.807, 2.05) is 73.7 Å². The van der Waals surface area contributed by atoms with Crippen molar-refractivity contribution in [2.45, 2.75) is 45.6 Å². The molecule has 0 saturated carbocycles. The number of hydrogen-bond donors (Lipinski definition) is 2. The SMILES string of the molecule is CC[C@@H](Oc1cccc2ccccc12)C(=O)Nc1cccc(NC(=O)c2ccc(C(C)(C)C)cc2)c1. The fraction of sp³-hybridized carbons (Fsp3) is 0.226. The van der Waals surface area contributed by atoms with Crippen LogP contribution in [0.3, 0.4) is 0 Å². The standard InChI is InChI=1S/C31H32N2O3/c1-5-27(36-28-15-8-11-21-10-6-7-14-26(21)28)30(35)33-25-13-9-12-24(20-25)32-29(34)22-16-18-23(19-17-22)31(2,3)4/h6-20,27H,5H2,1-4H3,(H,32,34)(H,33,35)/t27-/m1/s1. The summed E-state index contributed by atoms with van der Waals surface area (Å²) in [6.07, 6.45) is -0.147. The lowest BCUT2D eigenvalue weighted by Crippen LogP contribution is -2.32. The normalized spacial score (nSPS) is 12.1. The summed E-state index contributed by atoms with van der Waals surface area (Å²) < 4.78 is 6.12. The molecule has 36 heavy (non-hydrogen) atoms. The van der Waals surface area contributed by atoms with Crippen molar-refractivity contribution in [1.29, 1.82) is 0 Å². The predicted molar refractivity (Wildman–Crippen MR) is 147 cm³/mol. The zero-order chi connectivity index (χ0) is 25.7. The maximum atomic E-state index is 13.0. The number of nitrogens with one attached hydrogen (secondary N) is 2. The maximum Gasteiger partial charge on any atom is 0.265 e. The van der Waals surface area contributed by atoms with Crippen LogP contribution in [0.25, 0.3) is 10.8 Å². The fourth-order valence-corrected chi connectivity index (χ4v) is 4.00. The second-order valence-electron chi connectivity index (χ2n) is 9.84. The van der Waals surface area contributed by atoms with Crippen LogP contribution >= 0.6 is 0 Å². The van der Waals surface area contributed by atoms with Gasteiger partial charge in [-0.2, -0.15) is 0 Å². The van der Waals surface area contributed by atoms with Crippen molar-refractivity contribution in [2.24, 2.45) is 0 Å². The lowest BCUT2D eigenvalue weighted by atomic mass is 9.87. The van der Waals surface area contributed by atoms with Crippen molar-refractivity contribution >= 4 is 34.0 Å². The number of carbonyl (C=O) groups is 2. The van der Waals surface area contributed by atoms with Crippen molar-refractivity contribution in [3.63, 3.8) is 0 Å². The number of anilines is 2. The fourth-order valence-electron chi connectivity index (χ4n) is 4.00. The Bertz CT molecular complexity index is 1370. The van der Waals surface area contributed by atoms with E-state index in [0.717, 1.165) is 10.8 Å². The minimum Gasteiger partial charge on any atom is -0.480 e. The predicted octanol–water partition coefficient (Wildman–Crippen LogP) is 7.19. The third-order valence-corrected chi connectivity index (χ3v) is 6.08. The molecule has 5 heteroatoms. The first kappa shape index (κ1) is 25.0. The van der Waals surface area contributed by atoms with Gasteiger partial charge in [0.2, 0.25) is 0 Å². The van der Waals surface area contributed by atoms with Gasteiger partial charge in [0.05, 0.1) is 0 Å². The lowest BCUT2D eigenvalue weighted by Gasteiger charge is -2.19. The van der Waals surface area contributed by atoms with Crippen molar-refractivity contribution < 1.29 is 14.3 Å². The molecular weight excluding hydrogens is 448 g/mol. The molecule has 2 N–H and O–H groups in total. The molecule has 0 aliphatic carbocycles. The summed E-state index contributed by atoms with van der Waals surface area (Å²) in [5.41, 5.74) is 2.95. The number of ether oxygens (including phenoxy) is 1. The topological polar surface area (TPSA) is 67.4 Å². The Balaban J connectivity index is 1.43. The first-order valence-corrected chi connectivity index (χ1v) is 12.2. The maximum absolute atomic E-state index is 13.0. The van der Waals surface area contributed by atoms with Crippen LogP contribution in [0.2, 0.25) is 0 Å². The summed E-state index contributed by atoms with van der Waals surface area (Å²) in [6, 6.07) is 28.5. The monoisotopic (exact) mass is 480 g/mol. The van der Waals surface area contributed by atoms with E-state index in [9.17, 15) is 9.59 Å². The highest BCUT2D eigenvalue weighted by Gasteiger charge is 2.20. The van der Waals surface area contributed by atoms with E-state index in [1.54, 1.807) is 24.3 Å². The van der Waals surface area contributed by atoms with Gasteiger partial charge in [0, 0.05) is 22.3 Å². The summed E-state index contributed by atoms with van der Waals surface area (Å²) in [5, 5.41) is 7.86. The number of fused-ring (bicyclic) bond motifs is 1. The molecule has 0 unspecified atom stereocenters. The summed E-state index contributed by atoms with van der Waals surface area (Å²) >= 11 is 0. The third-order valence-electron chi connectivity index (χ3n) is 6.08. The highest BCUT2D eigenvalue weighted by atomic mass is 16.5. The van der Waals surface area contributed by atoms with Crippen molar-refractivity contribution in [1.82, 2.24) is 0 Å². The molecule has 0 fully saturated rings. The quantitative estimate of drug-likeness (QED) is 0.294. The highest BCUT2D eigenvalue weighted by molar-refractivity contribution is 6.05. The van der Waals surface area contributed by atoms with E-state index in [0.29, 0.717) is 29.1 Å². The number of amides is 2. The first-order valence-electron chi connectivity index (χ1n) is 12.2. The van der Waals surface area contributed by atoms with Gasteiger partial charge in [0.1, 0.15) is 5.75 Å². The Morgan fingerprint density at radius 3 is 2.14 bits per heavy atom. The molecule has 4 rings (SSSR count). The molecule has 0 heterocycles. The molecule has 4 aromatic rings. The molecule has 5 nitrogen and oxygen atoms in total. The molecule has 0 saturated heterocycles. The van der Waals surface area contributed by atoms with Crippen LogP contribution < -0.4 is 15.4 Å². The molecule has 0 spiro atoms. The van der Waals surface area contributed by atoms with Crippen LogP contribution in [0.15, 0.2) is 91.0 Å². The average molecular weight is 481 g/mol. The molecule has 4 aromatic carbocycles. The second-order valence-corrected chi connectivity index (χ2v) is 9.84. The summed E-state index contributed by atoms with van der Waals surface area (Å²) in [7, 11) is 0. The van der Waals surface area contributed by atoms with Gasteiger partial charge in [-0.15, -0.1) is 0 Å². The summed E-state index contributed by atoms with van der Waals surface area (Å²) in [4.78, 5) is 25.8. The highest BCUT2D eigenvalue weighted by Crippen LogP contribution is 2.27. The largest absolute Gasteiger partial charge is 0.480 e. The number of carbonyl (C=O) groups excluding carboxylic acids is 2. The number of rotatable bonds is 7. The molecular formula is C31H32N2O3. The van der Waals surface area contributed by atoms with E-state index in [1.165, 1.54) is 5.56 Å². The van der Waals surface area contributed by atoms with Crippen molar-refractivity contribution in [3.8, 4) is 5.75 Å². The van der Waals surface area contributed by atoms with E-state index in [-0.39, 0.29) is 17.2 Å². The van der Waals surface area contributed by atoms with E-state index in [4.69, 9.17) is 4.74 Å². The van der Waals surface area contributed by atoms with Crippen LogP contribution in [0, 0.1) is 0 Å². The Kier molecular flexibility index (Phi) is 7.39. The van der Waals surface area contributed by atoms with E-state index < -0.39 is 6.10 Å². The lowest BCUT2D eigenvalue weighted by molar-refractivity contribution is -0.122. The molecule has 184 valence electrons. The van der Waals surface area contributed by atoms with Crippen LogP contribution in [0.4, 0.5) is 11.4 Å². The van der Waals surface area contributed by atoms with Crippen LogP contribution in [-0.2, 0) is 10.2 Å². The van der Waals surface area contributed by atoms with Gasteiger partial charge in [0.15, 0.2) is 6.10 Å². The smallest absolute Gasteiger partial charge is 0.265 e. The molecule has 0 aliphatic heterocycles. The zero-order valence-electron chi connectivity index (χ0n) is 21.2. The second kappa shape index (κ2) is 10.6. The van der Waals surface area contributed by atoms with Crippen molar-refractivity contribution in [2.75, 3.05) is 10.6 Å². The summed E-state index contributed by atoms with van der Waals surface area (Å²) in [5.74, 6) is 0.227. The first-order chi connectivity index (χ1) is 17.2. The molecule has 0 aromatic heterocycles. The minimum absolute atomic E-state index is 0.0230. The van der Waals surface area contributed by atoms with Gasteiger partial charge in [-0.1, -0.05) is 82.3 Å².